The van der Waals surface area contributed by atoms with E-state index < -0.39 is 10.0 Å². The van der Waals surface area contributed by atoms with E-state index in [-0.39, 0.29) is 17.9 Å². The lowest BCUT2D eigenvalue weighted by molar-refractivity contribution is 0.134. The first-order valence-corrected chi connectivity index (χ1v) is 9.12. The summed E-state index contributed by atoms with van der Waals surface area (Å²) in [4.78, 5) is 13.3. The minimum Gasteiger partial charge on any atom is -0.448 e. The van der Waals surface area contributed by atoms with E-state index in [1.807, 2.05) is 30.3 Å². The third kappa shape index (κ3) is 3.25. The molecule has 0 spiro atoms. The van der Waals surface area contributed by atoms with Crippen LogP contribution in [-0.2, 0) is 20.5 Å². The number of nitrogens with zero attached hydrogens (tertiary/aromatic N) is 2. The van der Waals surface area contributed by atoms with Gasteiger partial charge in [-0.1, -0.05) is 30.3 Å². The van der Waals surface area contributed by atoms with Gasteiger partial charge in [0.05, 0.1) is 12.3 Å². The second kappa shape index (κ2) is 6.26. The molecule has 3 rings (SSSR count). The highest BCUT2D eigenvalue weighted by Crippen LogP contribution is 2.23. The quantitative estimate of drug-likeness (QED) is 0.840. The summed E-state index contributed by atoms with van der Waals surface area (Å²) in [6.07, 6.45) is 1.07. The molecule has 0 bridgehead atoms. The van der Waals surface area contributed by atoms with Gasteiger partial charge >= 0.3 is 6.09 Å². The van der Waals surface area contributed by atoms with Gasteiger partial charge in [0.2, 0.25) is 10.0 Å². The normalized spacial score (nSPS) is 21.1. The molecule has 120 valence electrons. The molecule has 2 aliphatic heterocycles. The van der Waals surface area contributed by atoms with Gasteiger partial charge in [-0.05, 0) is 18.4 Å². The molecular weight excluding hydrogens is 304 g/mol. The molecule has 2 fully saturated rings. The minimum absolute atomic E-state index is 0.0320. The fraction of sp³-hybridized carbons (Fsp3) is 0.533. The molecule has 0 aliphatic carbocycles. The number of hydrogen-bond donors (Lipinski definition) is 0. The molecule has 2 heterocycles. The van der Waals surface area contributed by atoms with Gasteiger partial charge in [0, 0.05) is 19.1 Å². The molecule has 0 aromatic heterocycles. The van der Waals surface area contributed by atoms with E-state index in [0.29, 0.717) is 39.1 Å². The molecule has 0 radical (unpaired) electrons. The third-order valence-electron chi connectivity index (χ3n) is 4.24. The van der Waals surface area contributed by atoms with E-state index in [1.54, 1.807) is 4.90 Å². The van der Waals surface area contributed by atoms with Crippen molar-refractivity contribution in [3.63, 3.8) is 0 Å². The first-order valence-electron chi connectivity index (χ1n) is 7.51. The topological polar surface area (TPSA) is 66.9 Å². The van der Waals surface area contributed by atoms with E-state index in [9.17, 15) is 13.2 Å². The van der Waals surface area contributed by atoms with Crippen LogP contribution in [0.25, 0.3) is 0 Å². The van der Waals surface area contributed by atoms with Crippen molar-refractivity contribution in [2.75, 3.05) is 26.2 Å². The number of hydrogen-bond acceptors (Lipinski definition) is 4. The van der Waals surface area contributed by atoms with E-state index in [0.717, 1.165) is 5.56 Å². The van der Waals surface area contributed by atoms with Crippen molar-refractivity contribution < 1.29 is 17.9 Å². The molecule has 1 amide bonds. The number of benzene rings is 1. The number of sulfonamides is 1. The number of cyclic esters (lactones) is 1. The molecule has 2 aliphatic rings. The number of carbonyl (C=O) groups is 1. The van der Waals surface area contributed by atoms with Crippen LogP contribution in [0.3, 0.4) is 0 Å². The lowest BCUT2D eigenvalue weighted by Crippen LogP contribution is -2.47. The smallest absolute Gasteiger partial charge is 0.410 e. The molecular formula is C15H20N2O4S. The lowest BCUT2D eigenvalue weighted by atomic mass is 10.1. The van der Waals surface area contributed by atoms with Crippen molar-refractivity contribution in [2.24, 2.45) is 0 Å². The Morgan fingerprint density at radius 3 is 2.36 bits per heavy atom. The molecule has 2 saturated heterocycles. The Labute approximate surface area is 130 Å². The van der Waals surface area contributed by atoms with Gasteiger partial charge < -0.3 is 9.64 Å². The average molecular weight is 324 g/mol. The van der Waals surface area contributed by atoms with Gasteiger partial charge in [0.25, 0.3) is 0 Å². The summed E-state index contributed by atoms with van der Waals surface area (Å²) >= 11 is 0. The Hall–Kier alpha value is -1.60. The van der Waals surface area contributed by atoms with Crippen molar-refractivity contribution >= 4 is 16.1 Å². The molecule has 6 nitrogen and oxygen atoms in total. The summed E-state index contributed by atoms with van der Waals surface area (Å²) in [6.45, 7) is 1.97. The minimum atomic E-state index is -3.30. The van der Waals surface area contributed by atoms with Crippen molar-refractivity contribution in [3.05, 3.63) is 35.9 Å². The van der Waals surface area contributed by atoms with Crippen molar-refractivity contribution in [3.8, 4) is 0 Å². The van der Waals surface area contributed by atoms with Crippen LogP contribution in [0.4, 0.5) is 4.79 Å². The maximum atomic E-state index is 12.5. The SMILES string of the molecule is O=C1OCCN1C1CCN(S(=O)(=O)Cc2ccccc2)CC1. The number of amides is 1. The monoisotopic (exact) mass is 324 g/mol. The van der Waals surface area contributed by atoms with Crippen molar-refractivity contribution in [1.29, 1.82) is 0 Å². The van der Waals surface area contributed by atoms with Crippen LogP contribution in [0.1, 0.15) is 18.4 Å². The maximum absolute atomic E-state index is 12.5. The van der Waals surface area contributed by atoms with Gasteiger partial charge in [-0.3, -0.25) is 0 Å². The second-order valence-corrected chi connectivity index (χ2v) is 7.65. The average Bonchev–Trinajstić information content (AvgIpc) is 2.94. The standard InChI is InChI=1S/C15H20N2O4S/c18-15-17(10-11-21-15)14-6-8-16(9-7-14)22(19,20)12-13-4-2-1-3-5-13/h1-5,14H,6-12H2. The van der Waals surface area contributed by atoms with Crippen LogP contribution >= 0.6 is 0 Å². The summed E-state index contributed by atoms with van der Waals surface area (Å²) in [5.74, 6) is 0.0320. The highest BCUT2D eigenvalue weighted by atomic mass is 32.2. The van der Waals surface area contributed by atoms with Crippen LogP contribution in [0.2, 0.25) is 0 Å². The molecule has 22 heavy (non-hydrogen) atoms. The molecule has 0 saturated carbocycles. The maximum Gasteiger partial charge on any atom is 0.410 e. The number of piperidine rings is 1. The zero-order chi connectivity index (χ0) is 15.6. The van der Waals surface area contributed by atoms with Crippen molar-refractivity contribution in [1.82, 2.24) is 9.21 Å². The van der Waals surface area contributed by atoms with Gasteiger partial charge in [-0.25, -0.2) is 17.5 Å². The van der Waals surface area contributed by atoms with Crippen LogP contribution in [0.5, 0.6) is 0 Å². The van der Waals surface area contributed by atoms with E-state index in [2.05, 4.69) is 0 Å². The largest absolute Gasteiger partial charge is 0.448 e. The molecule has 0 N–H and O–H groups in total. The Morgan fingerprint density at radius 1 is 1.09 bits per heavy atom. The second-order valence-electron chi connectivity index (χ2n) is 5.68. The Bertz CT molecular complexity index is 624. The summed E-state index contributed by atoms with van der Waals surface area (Å²) in [5.41, 5.74) is 0.799. The zero-order valence-corrected chi connectivity index (χ0v) is 13.2. The molecule has 0 atom stereocenters. The molecule has 1 aromatic carbocycles. The van der Waals surface area contributed by atoms with Gasteiger partial charge in [-0.15, -0.1) is 0 Å². The third-order valence-corrected chi connectivity index (χ3v) is 6.09. The van der Waals surface area contributed by atoms with Gasteiger partial charge in [0.1, 0.15) is 6.61 Å². The van der Waals surface area contributed by atoms with Crippen LogP contribution < -0.4 is 0 Å². The van der Waals surface area contributed by atoms with Gasteiger partial charge in [-0.2, -0.15) is 0 Å². The lowest BCUT2D eigenvalue weighted by Gasteiger charge is -2.34. The van der Waals surface area contributed by atoms with E-state index in [1.165, 1.54) is 4.31 Å². The van der Waals surface area contributed by atoms with Crippen LogP contribution in [0.15, 0.2) is 30.3 Å². The molecule has 7 heteroatoms. The highest BCUT2D eigenvalue weighted by molar-refractivity contribution is 7.88. The van der Waals surface area contributed by atoms with Crippen LogP contribution in [-0.4, -0.2) is 56.0 Å². The number of ether oxygens (including phenoxy) is 1. The predicted octanol–water partition coefficient (Wildman–Crippen LogP) is 1.43. The van der Waals surface area contributed by atoms with Gasteiger partial charge in [0.15, 0.2) is 0 Å². The summed E-state index contributed by atoms with van der Waals surface area (Å²) in [6, 6.07) is 9.30. The molecule has 1 aromatic rings. The fourth-order valence-electron chi connectivity index (χ4n) is 3.05. The predicted molar refractivity (Wildman–Crippen MR) is 81.7 cm³/mol. The van der Waals surface area contributed by atoms with Crippen LogP contribution in [0, 0.1) is 0 Å². The van der Waals surface area contributed by atoms with E-state index >= 15 is 0 Å². The number of rotatable bonds is 4. The summed E-state index contributed by atoms with van der Waals surface area (Å²) < 4.78 is 31.4. The zero-order valence-electron chi connectivity index (χ0n) is 12.3. The first-order chi connectivity index (χ1) is 10.6. The Kier molecular flexibility index (Phi) is 4.35. The molecule has 0 unspecified atom stereocenters. The van der Waals surface area contributed by atoms with E-state index in [4.69, 9.17) is 4.74 Å². The summed E-state index contributed by atoms with van der Waals surface area (Å²) in [5, 5.41) is 0. The Balaban J connectivity index is 1.59. The summed E-state index contributed by atoms with van der Waals surface area (Å²) in [7, 11) is -3.30. The number of carbonyl (C=O) groups excluding carboxylic acids is 1. The first kappa shape index (κ1) is 15.3. The fourth-order valence-corrected chi connectivity index (χ4v) is 4.61. The van der Waals surface area contributed by atoms with Crippen molar-refractivity contribution in [2.45, 2.75) is 24.6 Å². The Morgan fingerprint density at radius 2 is 1.77 bits per heavy atom. The highest BCUT2D eigenvalue weighted by Gasteiger charge is 2.35.